The second-order valence-corrected chi connectivity index (χ2v) is 6.03. The molecular formula is C16H18ClFN4. The maximum absolute atomic E-state index is 13.2. The van der Waals surface area contributed by atoms with Gasteiger partial charge in [0, 0.05) is 42.3 Å². The standard InChI is InChI=1S/C16H18ClFN4/c1-10-14(16(17)22(3)20-10)9-21(2)8-13-7-11-6-12(18)4-5-15(11)19-13/h4-7,19H,8-9H2,1-3H3. The number of fused-ring (bicyclic) bond motifs is 1. The van der Waals surface area contributed by atoms with Crippen molar-refractivity contribution < 1.29 is 4.39 Å². The first-order valence-corrected chi connectivity index (χ1v) is 7.45. The van der Waals surface area contributed by atoms with Crippen molar-refractivity contribution in [1.29, 1.82) is 0 Å². The monoisotopic (exact) mass is 320 g/mol. The van der Waals surface area contributed by atoms with E-state index in [2.05, 4.69) is 15.0 Å². The molecule has 0 spiro atoms. The summed E-state index contributed by atoms with van der Waals surface area (Å²) in [5.74, 6) is -0.218. The van der Waals surface area contributed by atoms with Crippen molar-refractivity contribution in [3.63, 3.8) is 0 Å². The Morgan fingerprint density at radius 2 is 2.09 bits per heavy atom. The van der Waals surface area contributed by atoms with Gasteiger partial charge in [-0.2, -0.15) is 5.10 Å². The number of aromatic amines is 1. The van der Waals surface area contributed by atoms with Crippen LogP contribution in [-0.4, -0.2) is 26.7 Å². The number of benzene rings is 1. The molecule has 1 N–H and O–H groups in total. The number of H-pyrrole nitrogens is 1. The molecular weight excluding hydrogens is 303 g/mol. The third-order valence-corrected chi connectivity index (χ3v) is 4.25. The summed E-state index contributed by atoms with van der Waals surface area (Å²) >= 11 is 6.27. The van der Waals surface area contributed by atoms with E-state index in [1.807, 2.05) is 27.1 Å². The highest BCUT2D eigenvalue weighted by atomic mass is 35.5. The Labute approximate surface area is 133 Å². The number of aryl methyl sites for hydroxylation is 2. The first-order valence-electron chi connectivity index (χ1n) is 7.07. The van der Waals surface area contributed by atoms with Crippen molar-refractivity contribution in [3.05, 3.63) is 52.2 Å². The average molecular weight is 321 g/mol. The van der Waals surface area contributed by atoms with Gasteiger partial charge in [-0.3, -0.25) is 9.58 Å². The Morgan fingerprint density at radius 1 is 1.32 bits per heavy atom. The van der Waals surface area contributed by atoms with Crippen molar-refractivity contribution in [3.8, 4) is 0 Å². The van der Waals surface area contributed by atoms with Crippen molar-refractivity contribution in [2.24, 2.45) is 7.05 Å². The van der Waals surface area contributed by atoms with Gasteiger partial charge >= 0.3 is 0 Å². The Balaban J connectivity index is 1.76. The molecule has 0 fully saturated rings. The molecule has 22 heavy (non-hydrogen) atoms. The minimum absolute atomic E-state index is 0.218. The van der Waals surface area contributed by atoms with E-state index in [9.17, 15) is 4.39 Å². The van der Waals surface area contributed by atoms with Crippen molar-refractivity contribution in [1.82, 2.24) is 19.7 Å². The van der Waals surface area contributed by atoms with Gasteiger partial charge in [-0.15, -0.1) is 0 Å². The molecule has 116 valence electrons. The second kappa shape index (κ2) is 5.74. The van der Waals surface area contributed by atoms with Gasteiger partial charge in [-0.05, 0) is 38.2 Å². The molecule has 4 nitrogen and oxygen atoms in total. The van der Waals surface area contributed by atoms with Gasteiger partial charge in [-0.1, -0.05) is 11.6 Å². The molecule has 0 bridgehead atoms. The Kier molecular flexibility index (Phi) is 3.93. The summed E-state index contributed by atoms with van der Waals surface area (Å²) in [4.78, 5) is 5.46. The van der Waals surface area contributed by atoms with Crippen LogP contribution in [0.25, 0.3) is 10.9 Å². The predicted octanol–water partition coefficient (Wildman–Crippen LogP) is 3.63. The van der Waals surface area contributed by atoms with Crippen LogP contribution in [0.4, 0.5) is 4.39 Å². The summed E-state index contributed by atoms with van der Waals surface area (Å²) in [7, 11) is 3.86. The maximum Gasteiger partial charge on any atom is 0.131 e. The summed E-state index contributed by atoms with van der Waals surface area (Å²) in [6, 6.07) is 6.74. The molecule has 2 aromatic heterocycles. The van der Waals surface area contributed by atoms with E-state index >= 15 is 0 Å². The van der Waals surface area contributed by atoms with Crippen LogP contribution < -0.4 is 0 Å². The summed E-state index contributed by atoms with van der Waals surface area (Å²) in [6.45, 7) is 3.39. The molecule has 0 atom stereocenters. The molecule has 6 heteroatoms. The quantitative estimate of drug-likeness (QED) is 0.797. The summed E-state index contributed by atoms with van der Waals surface area (Å²) in [5.41, 5.74) is 3.97. The van der Waals surface area contributed by atoms with E-state index in [1.165, 1.54) is 12.1 Å². The van der Waals surface area contributed by atoms with Crippen LogP contribution in [-0.2, 0) is 20.1 Å². The third kappa shape index (κ3) is 2.87. The minimum atomic E-state index is -0.218. The molecule has 0 radical (unpaired) electrons. The normalized spacial score (nSPS) is 11.7. The van der Waals surface area contributed by atoms with Gasteiger partial charge < -0.3 is 4.98 Å². The van der Waals surface area contributed by atoms with E-state index in [1.54, 1.807) is 10.7 Å². The summed E-state index contributed by atoms with van der Waals surface area (Å²) < 4.78 is 14.9. The van der Waals surface area contributed by atoms with Gasteiger partial charge in [0.25, 0.3) is 0 Å². The van der Waals surface area contributed by atoms with E-state index in [0.29, 0.717) is 11.7 Å². The molecule has 0 saturated carbocycles. The molecule has 2 heterocycles. The van der Waals surface area contributed by atoms with Crippen molar-refractivity contribution >= 4 is 22.5 Å². The van der Waals surface area contributed by atoms with Crippen LogP contribution in [0.2, 0.25) is 5.15 Å². The zero-order chi connectivity index (χ0) is 15.9. The SMILES string of the molecule is Cc1nn(C)c(Cl)c1CN(C)Cc1cc2cc(F)ccc2[nH]1. The van der Waals surface area contributed by atoms with Crippen LogP contribution in [0.1, 0.15) is 17.0 Å². The van der Waals surface area contributed by atoms with Crippen molar-refractivity contribution in [2.45, 2.75) is 20.0 Å². The Hall–Kier alpha value is -1.85. The first-order chi connectivity index (χ1) is 10.4. The van der Waals surface area contributed by atoms with Crippen molar-refractivity contribution in [2.75, 3.05) is 7.05 Å². The van der Waals surface area contributed by atoms with Crippen LogP contribution >= 0.6 is 11.6 Å². The molecule has 0 amide bonds. The molecule has 0 saturated heterocycles. The number of nitrogens with zero attached hydrogens (tertiary/aromatic N) is 3. The highest BCUT2D eigenvalue weighted by molar-refractivity contribution is 6.30. The van der Waals surface area contributed by atoms with Gasteiger partial charge in [0.2, 0.25) is 0 Å². The largest absolute Gasteiger partial charge is 0.357 e. The fraction of sp³-hybridized carbons (Fsp3) is 0.312. The van der Waals surface area contributed by atoms with E-state index in [0.717, 1.165) is 34.4 Å². The topological polar surface area (TPSA) is 36.9 Å². The van der Waals surface area contributed by atoms with Gasteiger partial charge in [0.15, 0.2) is 0 Å². The molecule has 3 aromatic rings. The number of nitrogens with one attached hydrogen (secondary N) is 1. The minimum Gasteiger partial charge on any atom is -0.357 e. The summed E-state index contributed by atoms with van der Waals surface area (Å²) in [5, 5.41) is 5.88. The lowest BCUT2D eigenvalue weighted by Crippen LogP contribution is -2.18. The van der Waals surface area contributed by atoms with E-state index in [-0.39, 0.29) is 5.82 Å². The number of aromatic nitrogens is 3. The molecule has 0 aliphatic rings. The third-order valence-electron chi connectivity index (χ3n) is 3.78. The highest BCUT2D eigenvalue weighted by Gasteiger charge is 2.14. The zero-order valence-corrected chi connectivity index (χ0v) is 13.6. The van der Waals surface area contributed by atoms with Gasteiger partial charge in [0.1, 0.15) is 11.0 Å². The van der Waals surface area contributed by atoms with Crippen LogP contribution in [0, 0.1) is 12.7 Å². The lowest BCUT2D eigenvalue weighted by molar-refractivity contribution is 0.315. The predicted molar refractivity (Wildman–Crippen MR) is 86.4 cm³/mol. The van der Waals surface area contributed by atoms with Gasteiger partial charge in [-0.25, -0.2) is 4.39 Å². The average Bonchev–Trinajstić information content (AvgIpc) is 2.94. The highest BCUT2D eigenvalue weighted by Crippen LogP contribution is 2.22. The Bertz CT molecular complexity index is 821. The summed E-state index contributed by atoms with van der Waals surface area (Å²) in [6.07, 6.45) is 0. The molecule has 1 aromatic carbocycles. The smallest absolute Gasteiger partial charge is 0.131 e. The number of hydrogen-bond acceptors (Lipinski definition) is 2. The lowest BCUT2D eigenvalue weighted by Gasteiger charge is -2.15. The van der Waals surface area contributed by atoms with Crippen LogP contribution in [0.5, 0.6) is 0 Å². The molecule has 0 unspecified atom stereocenters. The second-order valence-electron chi connectivity index (χ2n) is 5.68. The molecule has 0 aliphatic heterocycles. The van der Waals surface area contributed by atoms with E-state index < -0.39 is 0 Å². The van der Waals surface area contributed by atoms with Crippen LogP contribution in [0.3, 0.4) is 0 Å². The van der Waals surface area contributed by atoms with Gasteiger partial charge in [0.05, 0.1) is 5.69 Å². The molecule has 3 rings (SSSR count). The lowest BCUT2D eigenvalue weighted by atomic mass is 10.2. The Morgan fingerprint density at radius 3 is 2.77 bits per heavy atom. The first kappa shape index (κ1) is 15.1. The fourth-order valence-electron chi connectivity index (χ4n) is 2.72. The number of hydrogen-bond donors (Lipinski definition) is 1. The zero-order valence-electron chi connectivity index (χ0n) is 12.8. The number of halogens is 2. The fourth-order valence-corrected chi connectivity index (χ4v) is 2.95. The number of rotatable bonds is 4. The molecule has 0 aliphatic carbocycles. The maximum atomic E-state index is 13.2. The van der Waals surface area contributed by atoms with E-state index in [4.69, 9.17) is 11.6 Å². The van der Waals surface area contributed by atoms with Crippen LogP contribution in [0.15, 0.2) is 24.3 Å².